The summed E-state index contributed by atoms with van der Waals surface area (Å²) in [6.07, 6.45) is 3.21. The van der Waals surface area contributed by atoms with Crippen molar-refractivity contribution in [3.8, 4) is 0 Å². The molecule has 0 bridgehead atoms. The summed E-state index contributed by atoms with van der Waals surface area (Å²) in [6, 6.07) is 8.42. The highest BCUT2D eigenvalue weighted by Crippen LogP contribution is 2.21. The number of fused-ring (bicyclic) bond motifs is 1. The lowest BCUT2D eigenvalue weighted by atomic mass is 10.2. The molecule has 0 aliphatic heterocycles. The first-order valence-electron chi connectivity index (χ1n) is 7.68. The van der Waals surface area contributed by atoms with E-state index in [4.69, 9.17) is 0 Å². The Labute approximate surface area is 126 Å². The van der Waals surface area contributed by atoms with Gasteiger partial charge in [0.05, 0.1) is 0 Å². The molecule has 114 valence electrons. The van der Waals surface area contributed by atoms with E-state index in [0.29, 0.717) is 6.54 Å². The van der Waals surface area contributed by atoms with Crippen molar-refractivity contribution in [1.82, 2.24) is 15.2 Å². The van der Waals surface area contributed by atoms with Crippen LogP contribution in [0.25, 0.3) is 10.9 Å². The van der Waals surface area contributed by atoms with Gasteiger partial charge >= 0.3 is 0 Å². The lowest BCUT2D eigenvalue weighted by Gasteiger charge is -2.09. The maximum absolute atomic E-state index is 12.0. The molecule has 1 aromatic carbocycles. The van der Waals surface area contributed by atoms with E-state index in [0.717, 1.165) is 25.0 Å². The molecule has 2 aromatic rings. The SMILES string of the molecule is CCCNCc1cn(CC(=O)NC(C)C)c2ccccc12. The number of carbonyl (C=O) groups is 1. The van der Waals surface area contributed by atoms with Crippen molar-refractivity contribution >= 4 is 16.8 Å². The second kappa shape index (κ2) is 7.27. The number of hydrogen-bond acceptors (Lipinski definition) is 2. The van der Waals surface area contributed by atoms with Crippen LogP contribution in [0.2, 0.25) is 0 Å². The van der Waals surface area contributed by atoms with Crippen LogP contribution in [0.3, 0.4) is 0 Å². The van der Waals surface area contributed by atoms with Crippen molar-refractivity contribution in [2.45, 2.75) is 46.3 Å². The Bertz CT molecular complexity index is 601. The minimum Gasteiger partial charge on any atom is -0.352 e. The van der Waals surface area contributed by atoms with Crippen molar-refractivity contribution in [3.05, 3.63) is 36.0 Å². The number of para-hydroxylation sites is 1. The normalized spacial score (nSPS) is 11.2. The molecule has 1 amide bonds. The maximum Gasteiger partial charge on any atom is 0.240 e. The van der Waals surface area contributed by atoms with Crippen LogP contribution in [0.5, 0.6) is 0 Å². The highest BCUT2D eigenvalue weighted by molar-refractivity contribution is 5.86. The minimum absolute atomic E-state index is 0.0545. The Balaban J connectivity index is 2.21. The third-order valence-electron chi connectivity index (χ3n) is 3.38. The zero-order chi connectivity index (χ0) is 15.2. The van der Waals surface area contributed by atoms with Crippen LogP contribution in [0.1, 0.15) is 32.8 Å². The van der Waals surface area contributed by atoms with Crippen LogP contribution in [0.4, 0.5) is 0 Å². The molecule has 2 rings (SSSR count). The van der Waals surface area contributed by atoms with E-state index < -0.39 is 0 Å². The molecule has 21 heavy (non-hydrogen) atoms. The molecule has 1 heterocycles. The summed E-state index contributed by atoms with van der Waals surface area (Å²) in [5.74, 6) is 0.0545. The third kappa shape index (κ3) is 4.08. The average molecular weight is 287 g/mol. The number of rotatable bonds is 7. The largest absolute Gasteiger partial charge is 0.352 e. The molecule has 0 saturated heterocycles. The molecule has 0 fully saturated rings. The molecule has 4 heteroatoms. The van der Waals surface area contributed by atoms with Crippen molar-refractivity contribution in [3.63, 3.8) is 0 Å². The van der Waals surface area contributed by atoms with Gasteiger partial charge in [0.25, 0.3) is 0 Å². The fourth-order valence-corrected chi connectivity index (χ4v) is 2.52. The number of amides is 1. The molecule has 0 unspecified atom stereocenters. The topological polar surface area (TPSA) is 46.1 Å². The summed E-state index contributed by atoms with van der Waals surface area (Å²) in [6.45, 7) is 8.33. The predicted molar refractivity (Wildman–Crippen MR) is 87.2 cm³/mol. The fourth-order valence-electron chi connectivity index (χ4n) is 2.52. The van der Waals surface area contributed by atoms with E-state index in [-0.39, 0.29) is 11.9 Å². The highest BCUT2D eigenvalue weighted by Gasteiger charge is 2.11. The van der Waals surface area contributed by atoms with E-state index >= 15 is 0 Å². The first-order valence-corrected chi connectivity index (χ1v) is 7.68. The summed E-state index contributed by atoms with van der Waals surface area (Å²) in [4.78, 5) is 12.0. The summed E-state index contributed by atoms with van der Waals surface area (Å²) in [5.41, 5.74) is 2.36. The van der Waals surface area contributed by atoms with Crippen molar-refractivity contribution in [2.24, 2.45) is 0 Å². The van der Waals surface area contributed by atoms with E-state index in [1.54, 1.807) is 0 Å². The smallest absolute Gasteiger partial charge is 0.240 e. The maximum atomic E-state index is 12.0. The Morgan fingerprint density at radius 3 is 2.76 bits per heavy atom. The quantitative estimate of drug-likeness (QED) is 0.769. The van der Waals surface area contributed by atoms with Crippen molar-refractivity contribution in [2.75, 3.05) is 6.54 Å². The van der Waals surface area contributed by atoms with Gasteiger partial charge in [-0.05, 0) is 38.4 Å². The Hall–Kier alpha value is -1.81. The molecule has 0 atom stereocenters. The molecule has 0 aliphatic carbocycles. The van der Waals surface area contributed by atoms with Gasteiger partial charge in [0, 0.05) is 29.7 Å². The Morgan fingerprint density at radius 1 is 1.29 bits per heavy atom. The van der Waals surface area contributed by atoms with E-state index in [2.05, 4.69) is 35.9 Å². The Morgan fingerprint density at radius 2 is 2.05 bits per heavy atom. The van der Waals surface area contributed by atoms with Gasteiger partial charge < -0.3 is 15.2 Å². The van der Waals surface area contributed by atoms with Gasteiger partial charge in [0.1, 0.15) is 6.54 Å². The molecule has 4 nitrogen and oxygen atoms in total. The Kier molecular flexibility index (Phi) is 5.39. The van der Waals surface area contributed by atoms with E-state index in [9.17, 15) is 4.79 Å². The van der Waals surface area contributed by atoms with Crippen LogP contribution in [-0.4, -0.2) is 23.1 Å². The predicted octanol–water partition coefficient (Wildman–Crippen LogP) is 2.67. The molecule has 0 aliphatic rings. The minimum atomic E-state index is 0.0545. The second-order valence-corrected chi connectivity index (χ2v) is 5.70. The zero-order valence-electron chi connectivity index (χ0n) is 13.1. The monoisotopic (exact) mass is 287 g/mol. The molecular weight excluding hydrogens is 262 g/mol. The van der Waals surface area contributed by atoms with Gasteiger partial charge in [0.2, 0.25) is 5.91 Å². The van der Waals surface area contributed by atoms with Crippen LogP contribution in [0, 0.1) is 0 Å². The van der Waals surface area contributed by atoms with Gasteiger partial charge in [-0.15, -0.1) is 0 Å². The average Bonchev–Trinajstić information content (AvgIpc) is 2.77. The molecular formula is C17H25N3O. The molecule has 0 saturated carbocycles. The summed E-state index contributed by atoms with van der Waals surface area (Å²) in [5, 5.41) is 7.59. The van der Waals surface area contributed by atoms with E-state index in [1.165, 1.54) is 10.9 Å². The first-order chi connectivity index (χ1) is 10.1. The molecule has 2 N–H and O–H groups in total. The van der Waals surface area contributed by atoms with E-state index in [1.807, 2.05) is 30.5 Å². The number of hydrogen-bond donors (Lipinski definition) is 2. The van der Waals surface area contributed by atoms with Crippen LogP contribution < -0.4 is 10.6 Å². The van der Waals surface area contributed by atoms with Crippen molar-refractivity contribution in [1.29, 1.82) is 0 Å². The van der Waals surface area contributed by atoms with Gasteiger partial charge in [-0.2, -0.15) is 0 Å². The fraction of sp³-hybridized carbons (Fsp3) is 0.471. The first kappa shape index (κ1) is 15.6. The van der Waals surface area contributed by atoms with Gasteiger partial charge in [0.15, 0.2) is 0 Å². The number of nitrogens with one attached hydrogen (secondary N) is 2. The van der Waals surface area contributed by atoms with Gasteiger partial charge in [-0.1, -0.05) is 25.1 Å². The lowest BCUT2D eigenvalue weighted by molar-refractivity contribution is -0.122. The summed E-state index contributed by atoms with van der Waals surface area (Å²) in [7, 11) is 0. The number of nitrogens with zero attached hydrogens (tertiary/aromatic N) is 1. The lowest BCUT2D eigenvalue weighted by Crippen LogP contribution is -2.32. The standard InChI is InChI=1S/C17H25N3O/c1-4-9-18-10-14-11-20(12-17(21)19-13(2)3)16-8-6-5-7-15(14)16/h5-8,11,13,18H,4,9-10,12H2,1-3H3,(H,19,21). The molecule has 0 radical (unpaired) electrons. The van der Waals surface area contributed by atoms with Crippen LogP contribution in [-0.2, 0) is 17.9 Å². The second-order valence-electron chi connectivity index (χ2n) is 5.70. The van der Waals surface area contributed by atoms with Gasteiger partial charge in [-0.25, -0.2) is 0 Å². The molecule has 0 spiro atoms. The summed E-state index contributed by atoms with van der Waals surface area (Å²) < 4.78 is 2.04. The van der Waals surface area contributed by atoms with Gasteiger partial charge in [-0.3, -0.25) is 4.79 Å². The molecule has 1 aromatic heterocycles. The zero-order valence-corrected chi connectivity index (χ0v) is 13.1. The number of carbonyl (C=O) groups excluding carboxylic acids is 1. The number of benzene rings is 1. The third-order valence-corrected chi connectivity index (χ3v) is 3.38. The van der Waals surface area contributed by atoms with Crippen molar-refractivity contribution < 1.29 is 4.79 Å². The number of aromatic nitrogens is 1. The van der Waals surface area contributed by atoms with Crippen LogP contribution >= 0.6 is 0 Å². The highest BCUT2D eigenvalue weighted by atomic mass is 16.2. The van der Waals surface area contributed by atoms with Crippen LogP contribution in [0.15, 0.2) is 30.5 Å². The summed E-state index contributed by atoms with van der Waals surface area (Å²) >= 11 is 0.